The van der Waals surface area contributed by atoms with Crippen LogP contribution < -0.4 is 0 Å². The number of halogens is 4. The number of thioether (sulfide) groups is 1. The molecule has 1 aliphatic heterocycles. The molecule has 0 atom stereocenters. The minimum Gasteiger partial charge on any atom is -0.223 e. The molecule has 7 nitrogen and oxygen atoms in total. The molecule has 0 N–H and O–H groups in total. The Hall–Kier alpha value is -2.33. The second-order valence-electron chi connectivity index (χ2n) is 6.65. The summed E-state index contributed by atoms with van der Waals surface area (Å²) in [5.74, 6) is -0.884. The summed E-state index contributed by atoms with van der Waals surface area (Å²) in [4.78, 5) is 3.25. The number of amidine groups is 1. The van der Waals surface area contributed by atoms with E-state index in [1.165, 1.54) is 30.3 Å². The Balaban J connectivity index is 2.01. The molecule has 1 aliphatic rings. The summed E-state index contributed by atoms with van der Waals surface area (Å²) in [7, 11) is -9.68. The zero-order valence-corrected chi connectivity index (χ0v) is 21.1. The van der Waals surface area contributed by atoms with Crippen molar-refractivity contribution < 1.29 is 21.2 Å². The third kappa shape index (κ3) is 4.37. The first-order chi connectivity index (χ1) is 15.9. The lowest BCUT2D eigenvalue weighted by Crippen LogP contribution is -2.42. The van der Waals surface area contributed by atoms with Gasteiger partial charge in [-0.1, -0.05) is 34.8 Å². The average molecular weight is 577 g/mol. The van der Waals surface area contributed by atoms with Crippen LogP contribution in [0.3, 0.4) is 0 Å². The van der Waals surface area contributed by atoms with Crippen LogP contribution in [-0.2, 0) is 20.0 Å². The Bertz CT molecular complexity index is 1620. The van der Waals surface area contributed by atoms with Crippen LogP contribution in [0.4, 0.5) is 10.1 Å². The molecule has 14 heteroatoms. The van der Waals surface area contributed by atoms with E-state index in [1.807, 2.05) is 0 Å². The van der Waals surface area contributed by atoms with Gasteiger partial charge in [-0.2, -0.15) is 22.1 Å². The number of sulfonamides is 2. The molecular weight excluding hydrogens is 568 g/mol. The molecule has 0 fully saturated rings. The lowest BCUT2D eigenvalue weighted by atomic mass is 10.2. The molecule has 34 heavy (non-hydrogen) atoms. The Morgan fingerprint density at radius 3 is 2.29 bits per heavy atom. The number of rotatable bonds is 3. The molecule has 0 aliphatic carbocycles. The average Bonchev–Trinajstić information content (AvgIpc) is 2.76. The molecule has 0 bridgehead atoms. The van der Waals surface area contributed by atoms with E-state index in [9.17, 15) is 26.5 Å². The van der Waals surface area contributed by atoms with Crippen LogP contribution in [-0.4, -0.2) is 25.7 Å². The van der Waals surface area contributed by atoms with Crippen molar-refractivity contribution in [2.24, 2.45) is 4.99 Å². The first-order valence-corrected chi connectivity index (χ1v) is 13.8. The zero-order chi connectivity index (χ0) is 24.8. The molecule has 0 spiro atoms. The maximum atomic E-state index is 13.7. The van der Waals surface area contributed by atoms with Crippen molar-refractivity contribution in [1.29, 1.82) is 5.26 Å². The van der Waals surface area contributed by atoms with Crippen LogP contribution in [0, 0.1) is 17.1 Å². The van der Waals surface area contributed by atoms with Gasteiger partial charge in [-0.3, -0.25) is 0 Å². The predicted molar refractivity (Wildman–Crippen MR) is 128 cm³/mol. The number of benzene rings is 3. The summed E-state index contributed by atoms with van der Waals surface area (Å²) in [6.07, 6.45) is 0. The fraction of sp³-hybridized carbons (Fsp3) is 0. The highest BCUT2D eigenvalue weighted by Gasteiger charge is 2.45. The smallest absolute Gasteiger partial charge is 0.223 e. The van der Waals surface area contributed by atoms with Gasteiger partial charge in [-0.25, -0.2) is 9.38 Å². The van der Waals surface area contributed by atoms with E-state index in [0.29, 0.717) is 16.8 Å². The van der Waals surface area contributed by atoms with Crippen molar-refractivity contribution in [2.45, 2.75) is 14.7 Å². The van der Waals surface area contributed by atoms with Crippen molar-refractivity contribution in [2.75, 3.05) is 0 Å². The molecule has 0 amide bonds. The van der Waals surface area contributed by atoms with Gasteiger partial charge in [0.1, 0.15) is 16.8 Å². The monoisotopic (exact) mass is 575 g/mol. The highest BCUT2D eigenvalue weighted by Crippen LogP contribution is 2.43. The molecule has 0 saturated carbocycles. The third-order valence-electron chi connectivity index (χ3n) is 4.47. The lowest BCUT2D eigenvalue weighted by molar-refractivity contribution is 0.545. The summed E-state index contributed by atoms with van der Waals surface area (Å²) in [6.45, 7) is 0. The highest BCUT2D eigenvalue weighted by molar-refractivity contribution is 8.19. The molecule has 174 valence electrons. The van der Waals surface area contributed by atoms with Crippen LogP contribution in [0.15, 0.2) is 74.3 Å². The molecule has 3 aromatic carbocycles. The van der Waals surface area contributed by atoms with Crippen LogP contribution in [0.25, 0.3) is 0 Å². The minimum absolute atomic E-state index is 0.0172. The second-order valence-corrected chi connectivity index (χ2v) is 12.7. The first kappa shape index (κ1) is 24.8. The molecule has 0 aromatic heterocycles. The topological polar surface area (TPSA) is 108 Å². The van der Waals surface area contributed by atoms with Gasteiger partial charge in [0.15, 0.2) is 5.17 Å². The van der Waals surface area contributed by atoms with E-state index >= 15 is 0 Å². The number of hydrogen-bond donors (Lipinski definition) is 0. The number of nitrogens with zero attached hydrogens (tertiary/aromatic N) is 3. The normalized spacial score (nSPS) is 16.2. The Kier molecular flexibility index (Phi) is 6.58. The summed E-state index contributed by atoms with van der Waals surface area (Å²) in [5.41, 5.74) is 0.0486. The van der Waals surface area contributed by atoms with E-state index in [0.717, 1.165) is 24.3 Å². The molecule has 4 rings (SSSR count). The van der Waals surface area contributed by atoms with Gasteiger partial charge in [-0.05, 0) is 66.4 Å². The van der Waals surface area contributed by atoms with Gasteiger partial charge in [0.2, 0.25) is 0 Å². The largest absolute Gasteiger partial charge is 0.280 e. The zero-order valence-electron chi connectivity index (χ0n) is 16.4. The summed E-state index contributed by atoms with van der Waals surface area (Å²) < 4.78 is 68.0. The highest BCUT2D eigenvalue weighted by atomic mass is 35.5. The SMILES string of the molecule is N#Cc1cc2c(cc1Cl)SC(=Nc1ccc(Cl)cc1)N(S(=O)(=O)c1ccc(F)c(Cl)c1)S2(=O)=O. The Morgan fingerprint density at radius 1 is 1.00 bits per heavy atom. The molecular formula is C20H9Cl3FN3O4S3. The molecule has 0 saturated heterocycles. The minimum atomic E-state index is -4.86. The third-order valence-corrected chi connectivity index (χ3v) is 10.8. The van der Waals surface area contributed by atoms with Crippen LogP contribution in [0.5, 0.6) is 0 Å². The lowest BCUT2D eigenvalue weighted by Gasteiger charge is -2.29. The quantitative estimate of drug-likeness (QED) is 0.388. The van der Waals surface area contributed by atoms with E-state index in [-0.39, 0.29) is 24.9 Å². The Morgan fingerprint density at radius 2 is 1.68 bits per heavy atom. The molecule has 0 radical (unpaired) electrons. The summed E-state index contributed by atoms with van der Waals surface area (Å²) in [6, 6.07) is 12.4. The molecule has 3 aromatic rings. The molecule has 1 heterocycles. The fourth-order valence-corrected chi connectivity index (χ4v) is 9.02. The van der Waals surface area contributed by atoms with Gasteiger partial charge in [-0.15, -0.1) is 3.71 Å². The van der Waals surface area contributed by atoms with E-state index in [2.05, 4.69) is 4.99 Å². The maximum absolute atomic E-state index is 13.7. The van der Waals surface area contributed by atoms with E-state index in [1.54, 1.807) is 6.07 Å². The van der Waals surface area contributed by atoms with Crippen LogP contribution >= 0.6 is 46.6 Å². The summed E-state index contributed by atoms with van der Waals surface area (Å²) in [5, 5.41) is 8.67. The van der Waals surface area contributed by atoms with Crippen molar-refractivity contribution >= 4 is 77.5 Å². The van der Waals surface area contributed by atoms with E-state index in [4.69, 9.17) is 34.8 Å². The number of fused-ring (bicyclic) bond motifs is 1. The maximum Gasteiger partial charge on any atom is 0.280 e. The second kappa shape index (κ2) is 9.03. The fourth-order valence-electron chi connectivity index (χ4n) is 2.88. The van der Waals surface area contributed by atoms with Crippen LogP contribution in [0.2, 0.25) is 15.1 Å². The van der Waals surface area contributed by atoms with Crippen LogP contribution in [0.1, 0.15) is 5.56 Å². The number of aliphatic imine (C=N–C) groups is 1. The van der Waals surface area contributed by atoms with Gasteiger partial charge in [0, 0.05) is 9.92 Å². The van der Waals surface area contributed by atoms with Gasteiger partial charge in [0.05, 0.1) is 26.2 Å². The van der Waals surface area contributed by atoms with Crippen molar-refractivity contribution in [3.63, 3.8) is 0 Å². The van der Waals surface area contributed by atoms with Crippen molar-refractivity contribution in [1.82, 2.24) is 3.71 Å². The van der Waals surface area contributed by atoms with Crippen molar-refractivity contribution in [3.05, 3.63) is 81.0 Å². The molecule has 0 unspecified atom stereocenters. The number of nitriles is 1. The van der Waals surface area contributed by atoms with Gasteiger partial charge < -0.3 is 0 Å². The predicted octanol–water partition coefficient (Wildman–Crippen LogP) is 5.83. The first-order valence-electron chi connectivity index (χ1n) is 8.96. The van der Waals surface area contributed by atoms with Crippen molar-refractivity contribution in [3.8, 4) is 6.07 Å². The van der Waals surface area contributed by atoms with E-state index < -0.39 is 45.8 Å². The van der Waals surface area contributed by atoms with Gasteiger partial charge in [0.25, 0.3) is 20.0 Å². The van der Waals surface area contributed by atoms with Gasteiger partial charge >= 0.3 is 0 Å². The standard InChI is InChI=1S/C20H9Cl3FN3O4S3/c21-12-1-3-13(4-2-12)26-20-27(33(28,29)14-5-6-17(24)16(23)8-14)34(30,31)19-7-11(10-25)15(22)9-18(19)32-20/h1-9H. The Labute approximate surface area is 213 Å². The summed E-state index contributed by atoms with van der Waals surface area (Å²) >= 11 is 18.4. The number of hydrogen-bond acceptors (Lipinski definition) is 7.